The van der Waals surface area contributed by atoms with E-state index in [0.29, 0.717) is 6.54 Å². The molecule has 0 saturated heterocycles. The molecule has 16 heavy (non-hydrogen) atoms. The monoisotopic (exact) mass is 279 g/mol. The highest BCUT2D eigenvalue weighted by molar-refractivity contribution is 9.10. The summed E-state index contributed by atoms with van der Waals surface area (Å²) in [5.74, 6) is 0. The molecule has 3 N–H and O–H groups in total. The van der Waals surface area contributed by atoms with E-state index in [2.05, 4.69) is 45.2 Å². The molecule has 0 spiro atoms. The second-order valence-corrected chi connectivity index (χ2v) is 4.68. The topological polar surface area (TPSA) is 54.7 Å². The number of benzene rings is 1. The standard InChI is InChI=1S/C12H14BrN3/c1-8-2-3-10(13)6-11(8)12-9(4-5-14)7-15-16-12/h2-3,6-7H,4-5,14H2,1H3,(H,15,16). The van der Waals surface area contributed by atoms with Crippen LogP contribution in [0.2, 0.25) is 0 Å². The third-order valence-electron chi connectivity index (χ3n) is 2.60. The van der Waals surface area contributed by atoms with Gasteiger partial charge < -0.3 is 5.73 Å². The fourth-order valence-corrected chi connectivity index (χ4v) is 2.11. The predicted octanol–water partition coefficient (Wildman–Crippen LogP) is 2.65. The fraction of sp³-hybridized carbons (Fsp3) is 0.250. The van der Waals surface area contributed by atoms with Gasteiger partial charge in [0.05, 0.1) is 11.9 Å². The molecule has 0 radical (unpaired) electrons. The van der Waals surface area contributed by atoms with Crippen molar-refractivity contribution in [3.8, 4) is 11.3 Å². The Kier molecular flexibility index (Phi) is 3.41. The Labute approximate surface area is 103 Å². The summed E-state index contributed by atoms with van der Waals surface area (Å²) >= 11 is 3.49. The lowest BCUT2D eigenvalue weighted by Crippen LogP contribution is -2.03. The highest BCUT2D eigenvalue weighted by atomic mass is 79.9. The molecule has 2 aromatic rings. The van der Waals surface area contributed by atoms with Gasteiger partial charge in [0.25, 0.3) is 0 Å². The number of hydrogen-bond donors (Lipinski definition) is 2. The summed E-state index contributed by atoms with van der Waals surface area (Å²) in [6.45, 7) is 2.73. The average molecular weight is 280 g/mol. The maximum Gasteiger partial charge on any atom is 0.0685 e. The molecule has 0 aliphatic carbocycles. The van der Waals surface area contributed by atoms with Gasteiger partial charge in [-0.2, -0.15) is 5.10 Å². The van der Waals surface area contributed by atoms with Crippen molar-refractivity contribution in [1.82, 2.24) is 10.2 Å². The molecule has 2 rings (SSSR count). The number of nitrogens with zero attached hydrogens (tertiary/aromatic N) is 1. The van der Waals surface area contributed by atoms with Crippen LogP contribution in [-0.2, 0) is 6.42 Å². The summed E-state index contributed by atoms with van der Waals surface area (Å²) in [6.07, 6.45) is 2.69. The first-order valence-corrected chi connectivity index (χ1v) is 6.00. The van der Waals surface area contributed by atoms with Gasteiger partial charge in [-0.25, -0.2) is 0 Å². The summed E-state index contributed by atoms with van der Waals surface area (Å²) in [5, 5.41) is 7.14. The number of halogens is 1. The zero-order chi connectivity index (χ0) is 11.5. The Morgan fingerprint density at radius 3 is 3.00 bits per heavy atom. The van der Waals surface area contributed by atoms with Crippen molar-refractivity contribution >= 4 is 15.9 Å². The van der Waals surface area contributed by atoms with E-state index in [1.54, 1.807) is 0 Å². The van der Waals surface area contributed by atoms with E-state index >= 15 is 0 Å². The number of aryl methyl sites for hydroxylation is 1. The zero-order valence-electron chi connectivity index (χ0n) is 9.13. The van der Waals surface area contributed by atoms with Crippen molar-refractivity contribution in [2.45, 2.75) is 13.3 Å². The number of aromatic amines is 1. The van der Waals surface area contributed by atoms with Gasteiger partial charge in [0.1, 0.15) is 0 Å². The van der Waals surface area contributed by atoms with E-state index in [0.717, 1.165) is 16.6 Å². The molecule has 1 heterocycles. The van der Waals surface area contributed by atoms with Gasteiger partial charge in [0.2, 0.25) is 0 Å². The van der Waals surface area contributed by atoms with Crippen molar-refractivity contribution in [2.24, 2.45) is 5.73 Å². The fourth-order valence-electron chi connectivity index (χ4n) is 1.75. The van der Waals surface area contributed by atoms with Crippen molar-refractivity contribution in [2.75, 3.05) is 6.54 Å². The van der Waals surface area contributed by atoms with E-state index in [-0.39, 0.29) is 0 Å². The van der Waals surface area contributed by atoms with Crippen LogP contribution in [0.1, 0.15) is 11.1 Å². The Bertz CT molecular complexity index is 491. The van der Waals surface area contributed by atoms with E-state index in [1.165, 1.54) is 16.7 Å². The van der Waals surface area contributed by atoms with Gasteiger partial charge in [-0.3, -0.25) is 5.10 Å². The van der Waals surface area contributed by atoms with Crippen molar-refractivity contribution in [3.63, 3.8) is 0 Å². The summed E-state index contributed by atoms with van der Waals surface area (Å²) < 4.78 is 1.07. The van der Waals surface area contributed by atoms with Crippen LogP contribution in [0.25, 0.3) is 11.3 Å². The molecule has 0 bridgehead atoms. The van der Waals surface area contributed by atoms with Crippen LogP contribution >= 0.6 is 15.9 Å². The summed E-state index contributed by atoms with van der Waals surface area (Å²) in [4.78, 5) is 0. The van der Waals surface area contributed by atoms with Crippen LogP contribution in [0.5, 0.6) is 0 Å². The van der Waals surface area contributed by atoms with Crippen LogP contribution < -0.4 is 5.73 Å². The average Bonchev–Trinajstić information content (AvgIpc) is 2.70. The van der Waals surface area contributed by atoms with Crippen LogP contribution in [0, 0.1) is 6.92 Å². The number of rotatable bonds is 3. The summed E-state index contributed by atoms with van der Waals surface area (Å²) in [6, 6.07) is 6.23. The van der Waals surface area contributed by atoms with E-state index in [9.17, 15) is 0 Å². The highest BCUT2D eigenvalue weighted by Gasteiger charge is 2.09. The Morgan fingerprint density at radius 2 is 2.25 bits per heavy atom. The highest BCUT2D eigenvalue weighted by Crippen LogP contribution is 2.27. The third-order valence-corrected chi connectivity index (χ3v) is 3.09. The van der Waals surface area contributed by atoms with Crippen LogP contribution in [0.4, 0.5) is 0 Å². The Balaban J connectivity index is 2.49. The Morgan fingerprint density at radius 1 is 1.44 bits per heavy atom. The van der Waals surface area contributed by atoms with E-state index < -0.39 is 0 Å². The molecule has 0 atom stereocenters. The lowest BCUT2D eigenvalue weighted by atomic mass is 10.0. The van der Waals surface area contributed by atoms with E-state index in [1.807, 2.05) is 12.3 Å². The molecule has 0 aliphatic heterocycles. The minimum Gasteiger partial charge on any atom is -0.330 e. The molecule has 84 valence electrons. The maximum atomic E-state index is 5.58. The lowest BCUT2D eigenvalue weighted by Gasteiger charge is -2.06. The SMILES string of the molecule is Cc1ccc(Br)cc1-c1[nH]ncc1CCN. The molecule has 0 saturated carbocycles. The molecule has 0 unspecified atom stereocenters. The summed E-state index contributed by atoms with van der Waals surface area (Å²) in [7, 11) is 0. The van der Waals surface area contributed by atoms with Gasteiger partial charge in [-0.1, -0.05) is 22.0 Å². The second-order valence-electron chi connectivity index (χ2n) is 3.77. The molecule has 0 amide bonds. The minimum absolute atomic E-state index is 0.638. The number of aromatic nitrogens is 2. The second kappa shape index (κ2) is 4.80. The maximum absolute atomic E-state index is 5.58. The largest absolute Gasteiger partial charge is 0.330 e. The van der Waals surface area contributed by atoms with Crippen LogP contribution in [0.15, 0.2) is 28.9 Å². The lowest BCUT2D eigenvalue weighted by molar-refractivity contribution is 0.971. The number of H-pyrrole nitrogens is 1. The van der Waals surface area contributed by atoms with Gasteiger partial charge in [-0.05, 0) is 43.1 Å². The molecule has 0 fully saturated rings. The van der Waals surface area contributed by atoms with E-state index in [4.69, 9.17) is 5.73 Å². The van der Waals surface area contributed by atoms with Gasteiger partial charge in [0.15, 0.2) is 0 Å². The van der Waals surface area contributed by atoms with Crippen LogP contribution in [0.3, 0.4) is 0 Å². The zero-order valence-corrected chi connectivity index (χ0v) is 10.7. The minimum atomic E-state index is 0.638. The Hall–Kier alpha value is -1.13. The van der Waals surface area contributed by atoms with Crippen molar-refractivity contribution in [1.29, 1.82) is 0 Å². The molecule has 1 aromatic carbocycles. The molecule has 4 heteroatoms. The molecular weight excluding hydrogens is 266 g/mol. The normalized spacial score (nSPS) is 10.7. The van der Waals surface area contributed by atoms with Crippen molar-refractivity contribution in [3.05, 3.63) is 40.0 Å². The summed E-state index contributed by atoms with van der Waals surface area (Å²) in [5.41, 5.74) is 10.2. The quantitative estimate of drug-likeness (QED) is 0.908. The first kappa shape index (κ1) is 11.4. The smallest absolute Gasteiger partial charge is 0.0685 e. The molecule has 3 nitrogen and oxygen atoms in total. The number of nitrogens with one attached hydrogen (secondary N) is 1. The van der Waals surface area contributed by atoms with Gasteiger partial charge >= 0.3 is 0 Å². The number of hydrogen-bond acceptors (Lipinski definition) is 2. The number of nitrogens with two attached hydrogens (primary N) is 1. The predicted molar refractivity (Wildman–Crippen MR) is 69.2 cm³/mol. The van der Waals surface area contributed by atoms with Gasteiger partial charge in [-0.15, -0.1) is 0 Å². The van der Waals surface area contributed by atoms with Gasteiger partial charge in [0, 0.05) is 10.0 Å². The molecule has 0 aliphatic rings. The van der Waals surface area contributed by atoms with Crippen molar-refractivity contribution < 1.29 is 0 Å². The third kappa shape index (κ3) is 2.18. The molecular formula is C12H14BrN3. The first-order valence-electron chi connectivity index (χ1n) is 5.21. The first-order chi connectivity index (χ1) is 7.72. The van der Waals surface area contributed by atoms with Crippen LogP contribution in [-0.4, -0.2) is 16.7 Å². The molecule has 1 aromatic heterocycles.